The maximum atomic E-state index is 13.6. The van der Waals surface area contributed by atoms with Gasteiger partial charge in [0.2, 0.25) is 5.88 Å². The van der Waals surface area contributed by atoms with Crippen LogP contribution in [-0.2, 0) is 21.7 Å². The number of halogens is 2. The summed E-state index contributed by atoms with van der Waals surface area (Å²) in [5.74, 6) is 0.429. The van der Waals surface area contributed by atoms with Gasteiger partial charge in [0.05, 0.1) is 17.3 Å². The molecule has 294 valence electrons. The van der Waals surface area contributed by atoms with Crippen molar-refractivity contribution >= 4 is 36.5 Å². The fourth-order valence-corrected chi connectivity index (χ4v) is 13.4. The fraction of sp³-hybridized carbons (Fsp3) is 0.512. The van der Waals surface area contributed by atoms with Crippen LogP contribution in [0.5, 0.6) is 5.88 Å². The van der Waals surface area contributed by atoms with Gasteiger partial charge in [-0.05, 0) is 74.2 Å². The molecule has 3 atom stereocenters. The second kappa shape index (κ2) is 14.5. The van der Waals surface area contributed by atoms with E-state index in [1.165, 1.54) is 10.7 Å². The lowest BCUT2D eigenvalue weighted by atomic mass is 9.50. The van der Waals surface area contributed by atoms with E-state index in [0.717, 1.165) is 35.3 Å². The maximum absolute atomic E-state index is 13.6. The van der Waals surface area contributed by atoms with Gasteiger partial charge in [0, 0.05) is 30.6 Å². The zero-order valence-electron chi connectivity index (χ0n) is 32.6. The normalized spacial score (nSPS) is 23.5. The predicted octanol–water partition coefficient (Wildman–Crippen LogP) is 6.74. The highest BCUT2D eigenvalue weighted by Crippen LogP contribution is 2.57. The van der Waals surface area contributed by atoms with E-state index in [2.05, 4.69) is 85.0 Å². The third-order valence-electron chi connectivity index (χ3n) is 11.3. The summed E-state index contributed by atoms with van der Waals surface area (Å²) >= 11 is 0. The van der Waals surface area contributed by atoms with E-state index in [-0.39, 0.29) is 28.1 Å². The molecule has 0 unspecified atom stereocenters. The van der Waals surface area contributed by atoms with E-state index in [4.69, 9.17) is 19.0 Å². The molecule has 14 heteroatoms. The van der Waals surface area contributed by atoms with Gasteiger partial charge in [-0.3, -0.25) is 9.48 Å². The number of hydrogen-bond donors (Lipinski definition) is 2. The third-order valence-corrected chi connectivity index (χ3v) is 16.4. The molecule has 4 aromatic rings. The Morgan fingerprint density at radius 1 is 0.909 bits per heavy atom. The Morgan fingerprint density at radius 3 is 2.04 bits per heavy atom. The first kappa shape index (κ1) is 38.7. The highest BCUT2D eigenvalue weighted by Gasteiger charge is 2.58. The number of benzene rings is 2. The number of rotatable bonds is 12. The van der Waals surface area contributed by atoms with E-state index in [1.807, 2.05) is 39.0 Å². The van der Waals surface area contributed by atoms with Crippen LogP contribution in [0.2, 0.25) is 5.04 Å². The van der Waals surface area contributed by atoms with Crippen molar-refractivity contribution in [1.82, 2.24) is 24.9 Å². The Hall–Kier alpha value is -4.56. The van der Waals surface area contributed by atoms with Gasteiger partial charge in [-0.25, -0.2) is 18.3 Å². The molecule has 2 aromatic carbocycles. The minimum absolute atomic E-state index is 0.0695. The standard InChI is InChI=1S/C41H52F2N6O5Si/c1-39(2,3)49-35(44-37(50)31-21-36(47-48(31)7)52-25-34(42)43)20-30(46-49)27-18-32(53-38(51)45-41-22-26(23-41)24-41)33(19-27)54-55(40(4,5)6,28-14-10-8-11-15-28)29-16-12-9-13-17-29/h8-17,20-21,26-27,32-34H,18-19,22-25H2,1-7H3,(H,44,50)(H,45,51)/t26?,27-,32+,33-,41?/m1/s1. The molecule has 2 N–H and O–H groups in total. The van der Waals surface area contributed by atoms with Crippen LogP contribution >= 0.6 is 0 Å². The van der Waals surface area contributed by atoms with Crippen LogP contribution in [0.1, 0.15) is 95.7 Å². The molecule has 2 bridgehead atoms. The summed E-state index contributed by atoms with van der Waals surface area (Å²) in [5, 5.41) is 17.2. The number of nitrogens with zero attached hydrogens (tertiary/aromatic N) is 4. The summed E-state index contributed by atoms with van der Waals surface area (Å²) in [7, 11) is -1.49. The van der Waals surface area contributed by atoms with Crippen molar-refractivity contribution in [2.75, 3.05) is 11.9 Å². The Balaban J connectivity index is 1.21. The van der Waals surface area contributed by atoms with E-state index in [9.17, 15) is 18.4 Å². The number of alkyl halides is 2. The Bertz CT molecular complexity index is 1950. The van der Waals surface area contributed by atoms with Crippen LogP contribution < -0.4 is 25.7 Å². The van der Waals surface area contributed by atoms with Crippen LogP contribution in [-0.4, -0.2) is 70.7 Å². The zero-order chi connectivity index (χ0) is 39.3. The lowest BCUT2D eigenvalue weighted by molar-refractivity contribution is -0.0551. The highest BCUT2D eigenvalue weighted by atomic mass is 28.4. The third kappa shape index (κ3) is 7.67. The van der Waals surface area contributed by atoms with Gasteiger partial charge in [0.25, 0.3) is 20.7 Å². The topological polar surface area (TPSA) is 122 Å². The molecule has 0 saturated heterocycles. The molecule has 2 amide bonds. The van der Waals surface area contributed by atoms with E-state index in [0.29, 0.717) is 24.6 Å². The largest absolute Gasteiger partial charge is 0.471 e. The number of alkyl carbamates (subject to hydrolysis) is 1. The van der Waals surface area contributed by atoms with Gasteiger partial charge in [-0.15, -0.1) is 5.10 Å². The van der Waals surface area contributed by atoms with Crippen LogP contribution in [0.15, 0.2) is 72.8 Å². The molecule has 0 aliphatic heterocycles. The number of hydrogen-bond acceptors (Lipinski definition) is 7. The summed E-state index contributed by atoms with van der Waals surface area (Å²) in [6.07, 6.45) is -0.0792. The van der Waals surface area contributed by atoms with Crippen molar-refractivity contribution in [3.63, 3.8) is 0 Å². The molecule has 0 radical (unpaired) electrons. The van der Waals surface area contributed by atoms with Gasteiger partial charge in [0.1, 0.15) is 17.6 Å². The molecule has 4 saturated carbocycles. The van der Waals surface area contributed by atoms with E-state index >= 15 is 0 Å². The molecular formula is C41H52F2N6O5Si. The number of carbonyl (C=O) groups is 2. The molecule has 11 nitrogen and oxygen atoms in total. The molecule has 8 rings (SSSR count). The summed E-state index contributed by atoms with van der Waals surface area (Å²) in [4.78, 5) is 27.2. The van der Waals surface area contributed by atoms with Crippen molar-refractivity contribution in [3.05, 3.63) is 84.2 Å². The lowest BCUT2D eigenvalue weighted by Crippen LogP contribution is -2.69. The summed E-state index contributed by atoms with van der Waals surface area (Å²) in [5.41, 5.74) is 0.199. The average Bonchev–Trinajstić information content (AvgIpc) is 3.80. The van der Waals surface area contributed by atoms with Crippen molar-refractivity contribution in [1.29, 1.82) is 0 Å². The summed E-state index contributed by atoms with van der Waals surface area (Å²) in [6, 6.07) is 24.0. The molecule has 4 aliphatic carbocycles. The van der Waals surface area contributed by atoms with Crippen molar-refractivity contribution in [2.45, 2.75) is 114 Å². The van der Waals surface area contributed by atoms with Crippen LogP contribution in [0.3, 0.4) is 0 Å². The molecule has 0 spiro atoms. The number of aromatic nitrogens is 4. The Labute approximate surface area is 322 Å². The second-order valence-electron chi connectivity index (χ2n) is 17.5. The van der Waals surface area contributed by atoms with E-state index in [1.54, 1.807) is 11.7 Å². The van der Waals surface area contributed by atoms with Crippen LogP contribution in [0.25, 0.3) is 0 Å². The van der Waals surface area contributed by atoms with Gasteiger partial charge < -0.3 is 24.5 Å². The van der Waals surface area contributed by atoms with Gasteiger partial charge in [0.15, 0.2) is 6.61 Å². The van der Waals surface area contributed by atoms with Gasteiger partial charge >= 0.3 is 6.09 Å². The minimum Gasteiger partial charge on any atom is -0.471 e. The first-order chi connectivity index (χ1) is 26.0. The van der Waals surface area contributed by atoms with E-state index < -0.39 is 51.1 Å². The summed E-state index contributed by atoms with van der Waals surface area (Å²) < 4.78 is 47.6. The predicted molar refractivity (Wildman–Crippen MR) is 208 cm³/mol. The molecule has 2 aromatic heterocycles. The first-order valence-electron chi connectivity index (χ1n) is 19.1. The van der Waals surface area contributed by atoms with Crippen LogP contribution in [0.4, 0.5) is 19.4 Å². The van der Waals surface area contributed by atoms with Crippen molar-refractivity contribution in [3.8, 4) is 5.88 Å². The zero-order valence-corrected chi connectivity index (χ0v) is 33.6. The Kier molecular flexibility index (Phi) is 10.2. The lowest BCUT2D eigenvalue weighted by Gasteiger charge is -2.61. The van der Waals surface area contributed by atoms with Crippen molar-refractivity contribution < 1.29 is 32.3 Å². The molecule has 4 fully saturated rings. The number of aryl methyl sites for hydroxylation is 1. The molecule has 55 heavy (non-hydrogen) atoms. The second-order valence-corrected chi connectivity index (χ2v) is 21.8. The fourth-order valence-electron chi connectivity index (χ4n) is 8.64. The van der Waals surface area contributed by atoms with Gasteiger partial charge in [-0.1, -0.05) is 81.4 Å². The quantitative estimate of drug-likeness (QED) is 0.153. The monoisotopic (exact) mass is 774 g/mol. The number of nitrogens with one attached hydrogen (secondary N) is 2. The maximum Gasteiger partial charge on any atom is 0.407 e. The number of carbonyl (C=O) groups excluding carboxylic acids is 2. The SMILES string of the molecule is Cn1nc(OCC(F)F)cc1C(=O)Nc1cc([C@@H]2C[C@H](OC(=O)NC34CC(C3)C4)[C@H](O[Si](c3ccccc3)(c3ccccc3)C(C)(C)C)C2)nn1C(C)(C)C. The smallest absolute Gasteiger partial charge is 0.407 e. The first-order valence-corrected chi connectivity index (χ1v) is 21.0. The van der Waals surface area contributed by atoms with Crippen LogP contribution in [0, 0.1) is 5.92 Å². The summed E-state index contributed by atoms with van der Waals surface area (Å²) in [6.45, 7) is 11.8. The minimum atomic E-state index is -3.04. The molecular weight excluding hydrogens is 723 g/mol. The van der Waals surface area contributed by atoms with Crippen molar-refractivity contribution in [2.24, 2.45) is 13.0 Å². The van der Waals surface area contributed by atoms with Gasteiger partial charge in [-0.2, -0.15) is 5.10 Å². The number of amides is 2. The number of ether oxygens (including phenoxy) is 2. The molecule has 4 aliphatic rings. The molecule has 2 heterocycles. The highest BCUT2D eigenvalue weighted by molar-refractivity contribution is 6.99. The average molecular weight is 775 g/mol. The Morgan fingerprint density at radius 2 is 1.51 bits per heavy atom. The number of anilines is 1.